The van der Waals surface area contributed by atoms with E-state index in [-0.39, 0.29) is 5.41 Å². The Kier molecular flexibility index (Phi) is 20.2. The van der Waals surface area contributed by atoms with Gasteiger partial charge in [0.05, 0.1) is 0 Å². The van der Waals surface area contributed by atoms with Gasteiger partial charge in [-0.1, -0.05) is 414 Å². The van der Waals surface area contributed by atoms with Crippen molar-refractivity contribution in [3.8, 4) is 136 Å². The molecule has 143 heavy (non-hydrogen) atoms. The number of hydrogen-bond donors (Lipinski definition) is 0. The van der Waals surface area contributed by atoms with Crippen molar-refractivity contribution in [3.63, 3.8) is 0 Å². The van der Waals surface area contributed by atoms with Crippen molar-refractivity contribution in [2.45, 2.75) is 19.3 Å². The van der Waals surface area contributed by atoms with Crippen LogP contribution in [0.5, 0.6) is 0 Å². The highest BCUT2D eigenvalue weighted by Gasteiger charge is 2.36. The summed E-state index contributed by atoms with van der Waals surface area (Å²) >= 11 is 1.86. The molecule has 0 saturated heterocycles. The van der Waals surface area contributed by atoms with E-state index < -0.39 is 0 Å². The van der Waals surface area contributed by atoms with Crippen molar-refractivity contribution in [2.24, 2.45) is 0 Å². The lowest BCUT2D eigenvalue weighted by molar-refractivity contribution is 0.661. The largest absolute Gasteiger partial charge is 0.456 e. The van der Waals surface area contributed by atoms with Crippen molar-refractivity contribution in [1.82, 2.24) is 44.9 Å². The zero-order chi connectivity index (χ0) is 94.7. The second kappa shape index (κ2) is 34.6. The third-order valence-corrected chi connectivity index (χ3v) is 29.6. The predicted molar refractivity (Wildman–Crippen MR) is 595 cm³/mol. The molecule has 23 aromatic carbocycles. The average molecular weight is 1840 g/mol. The minimum absolute atomic E-state index is 0.0608. The van der Waals surface area contributed by atoms with E-state index in [1.54, 1.807) is 0 Å². The van der Waals surface area contributed by atoms with E-state index in [4.69, 9.17) is 49.3 Å². The molecule has 0 amide bonds. The Morgan fingerprint density at radius 1 is 0.168 bits per heavy atom. The molecule has 0 bridgehead atoms. The van der Waals surface area contributed by atoms with Gasteiger partial charge in [-0.25, -0.2) is 44.9 Å². The molecule has 5 heterocycles. The number of aromatic nitrogens is 9. The Morgan fingerprint density at radius 3 is 0.881 bits per heavy atom. The Bertz CT molecular complexity index is 9920. The summed E-state index contributed by atoms with van der Waals surface area (Å²) in [4.78, 5) is 44.9. The molecule has 0 saturated carbocycles. The van der Waals surface area contributed by atoms with Crippen LogP contribution in [0.25, 0.3) is 275 Å². The third kappa shape index (κ3) is 15.1. The van der Waals surface area contributed by atoms with Gasteiger partial charge in [-0.15, -0.1) is 11.3 Å². The van der Waals surface area contributed by atoms with Gasteiger partial charge in [-0.3, -0.25) is 0 Å². The first-order valence-corrected chi connectivity index (χ1v) is 49.1. The maximum absolute atomic E-state index is 6.19. The molecule has 29 rings (SSSR count). The van der Waals surface area contributed by atoms with E-state index >= 15 is 0 Å². The lowest BCUT2D eigenvalue weighted by Crippen LogP contribution is -2.14. The second-order valence-electron chi connectivity index (χ2n) is 37.4. The monoisotopic (exact) mass is 1840 g/mol. The zero-order valence-corrected chi connectivity index (χ0v) is 78.6. The molecular formula is C132H83N9OS. The van der Waals surface area contributed by atoms with Crippen LogP contribution in [-0.2, 0) is 5.41 Å². The minimum Gasteiger partial charge on any atom is -0.456 e. The maximum Gasteiger partial charge on any atom is 0.164 e. The summed E-state index contributed by atoms with van der Waals surface area (Å²) in [5.41, 5.74) is 20.5. The van der Waals surface area contributed by atoms with Crippen LogP contribution >= 0.6 is 11.3 Å². The highest BCUT2D eigenvalue weighted by molar-refractivity contribution is 7.25. The van der Waals surface area contributed by atoms with Gasteiger partial charge in [0.25, 0.3) is 0 Å². The number of nitrogens with zero attached hydrogens (tertiary/aromatic N) is 9. The van der Waals surface area contributed by atoms with Gasteiger partial charge in [0.1, 0.15) is 11.2 Å². The number of rotatable bonds is 11. The quantitative estimate of drug-likeness (QED) is 0.115. The Labute approximate surface area is 827 Å². The summed E-state index contributed by atoms with van der Waals surface area (Å²) in [7, 11) is 0. The first-order valence-electron chi connectivity index (χ1n) is 48.3. The van der Waals surface area contributed by atoms with E-state index in [2.05, 4.69) is 347 Å². The van der Waals surface area contributed by atoms with Crippen molar-refractivity contribution in [2.75, 3.05) is 0 Å². The maximum atomic E-state index is 6.19. The first-order chi connectivity index (χ1) is 70.5. The van der Waals surface area contributed by atoms with Gasteiger partial charge in [-0.2, -0.15) is 0 Å². The smallest absolute Gasteiger partial charge is 0.164 e. The van der Waals surface area contributed by atoms with E-state index in [1.165, 1.54) is 129 Å². The van der Waals surface area contributed by atoms with Crippen LogP contribution in [0.2, 0.25) is 0 Å². The fraction of sp³-hybridized carbons (Fsp3) is 0.0227. The summed E-state index contributed by atoms with van der Waals surface area (Å²) in [6, 6.07) is 165. The molecule has 11 heteroatoms. The standard InChI is InChI=1S/C48H33N3.C45H27N3S.C39H23N3O/c1-48(2)42-16-10-9-15-39(42)41-28-36-24-20-32-19-23-35-27-37(25-26-38(35)44(32)40(36)29-43(41)48)47-50-45(33-13-7-4-8-14-33)49-46(51-47)34-21-17-31(18-22-34)30-11-5-3-6-12-30;1-3-9-28(10-4-1)29-15-19-32(20-16-29)44-46-43(31-11-5-2-6-12-31)47-45(48-44)35-23-24-36-33(25-35)21-17-30-18-22-34-26-41-39(27-38(34)42(30)36)37-13-7-8-14-40(37)49-41;1-3-9-25(10-4-1)37-40-38(26-11-5-2-6-12-26)42-39(41-37)29-19-20-30-27(21-29)17-15-24-16-18-28-22-35-33(23-32(28)36(24)30)31-13-7-8-14-34(31)43-35/h3-29H,1-2H3;1-27H;1-23H. The highest BCUT2D eigenvalue weighted by Crippen LogP contribution is 2.52. The van der Waals surface area contributed by atoms with Crippen molar-refractivity contribution < 1.29 is 4.42 Å². The van der Waals surface area contributed by atoms with Gasteiger partial charge in [0, 0.05) is 86.4 Å². The van der Waals surface area contributed by atoms with Crippen LogP contribution in [0.1, 0.15) is 25.0 Å². The van der Waals surface area contributed by atoms with Gasteiger partial charge in [0.15, 0.2) is 52.4 Å². The van der Waals surface area contributed by atoms with Crippen LogP contribution in [0, 0.1) is 0 Å². The summed E-state index contributed by atoms with van der Waals surface area (Å²) in [5, 5.41) is 26.9. The lowest BCUT2D eigenvalue weighted by Gasteiger charge is -2.22. The van der Waals surface area contributed by atoms with Crippen LogP contribution in [0.15, 0.2) is 472 Å². The normalized spacial score (nSPS) is 12.2. The SMILES string of the molecule is CC1(C)c2ccccc2-c2cc3ccc4ccc5cc(-c6nc(-c7ccccc7)nc(-c7ccc(-c8ccccc8)cc7)n6)ccc5c4c3cc21.c1ccc(-c2ccc(-c3nc(-c4ccccc4)nc(-c4ccc5c(ccc6ccc7cc8sc9ccccc9c8cc7c65)c4)n3)cc2)cc1.c1ccc(-c2nc(-c3ccccc3)nc(-c3ccc4c(ccc5ccc6cc7oc8ccccc8c7cc6c54)c3)n2)cc1. The fourth-order valence-corrected chi connectivity index (χ4v) is 22.4. The molecule has 0 radical (unpaired) electrons. The third-order valence-electron chi connectivity index (χ3n) is 28.5. The van der Waals surface area contributed by atoms with Crippen LogP contribution in [-0.4, -0.2) is 44.9 Å². The highest BCUT2D eigenvalue weighted by atomic mass is 32.1. The number of hydrogen-bond acceptors (Lipinski definition) is 11. The molecule has 5 aromatic heterocycles. The molecule has 668 valence electrons. The first kappa shape index (κ1) is 83.8. The number of para-hydroxylation sites is 1. The van der Waals surface area contributed by atoms with Crippen molar-refractivity contribution in [1.29, 1.82) is 0 Å². The summed E-state index contributed by atoms with van der Waals surface area (Å²) in [6.45, 7) is 4.70. The number of thiophene rings is 1. The van der Waals surface area contributed by atoms with E-state index in [0.29, 0.717) is 52.4 Å². The fourth-order valence-electron chi connectivity index (χ4n) is 21.2. The zero-order valence-electron chi connectivity index (χ0n) is 77.8. The van der Waals surface area contributed by atoms with Crippen LogP contribution < -0.4 is 0 Å². The van der Waals surface area contributed by atoms with Gasteiger partial charge in [-0.05, 0) is 208 Å². The number of fused-ring (bicyclic) bond motifs is 24. The lowest BCUT2D eigenvalue weighted by atomic mass is 9.81. The molecule has 0 aliphatic heterocycles. The van der Waals surface area contributed by atoms with Crippen molar-refractivity contribution >= 4 is 150 Å². The molecule has 1 aliphatic rings. The van der Waals surface area contributed by atoms with Gasteiger partial charge >= 0.3 is 0 Å². The van der Waals surface area contributed by atoms with Crippen LogP contribution in [0.3, 0.4) is 0 Å². The molecular weight excluding hydrogens is 1760 g/mol. The number of furan rings is 1. The summed E-state index contributed by atoms with van der Waals surface area (Å²) < 4.78 is 8.84. The van der Waals surface area contributed by atoms with Gasteiger partial charge in [0.2, 0.25) is 0 Å². The summed E-state index contributed by atoms with van der Waals surface area (Å²) in [6.07, 6.45) is 0. The van der Waals surface area contributed by atoms with E-state index in [0.717, 1.165) is 105 Å². The topological polar surface area (TPSA) is 129 Å². The predicted octanol–water partition coefficient (Wildman–Crippen LogP) is 34.9. The molecule has 0 spiro atoms. The second-order valence-corrected chi connectivity index (χ2v) is 38.5. The molecule has 1 aliphatic carbocycles. The van der Waals surface area contributed by atoms with Gasteiger partial charge < -0.3 is 4.42 Å². The Balaban J connectivity index is 0.000000107. The summed E-state index contributed by atoms with van der Waals surface area (Å²) in [5.74, 6) is 5.90. The molecule has 0 fully saturated rings. The number of benzene rings is 23. The Morgan fingerprint density at radius 2 is 0.462 bits per heavy atom. The molecule has 0 unspecified atom stereocenters. The van der Waals surface area contributed by atoms with Crippen molar-refractivity contribution in [3.05, 3.63) is 478 Å². The molecule has 10 nitrogen and oxygen atoms in total. The Hall–Kier alpha value is -18.6. The average Bonchev–Trinajstić information content (AvgIpc) is 1.55. The van der Waals surface area contributed by atoms with E-state index in [9.17, 15) is 0 Å². The molecule has 0 atom stereocenters. The van der Waals surface area contributed by atoms with Crippen LogP contribution in [0.4, 0.5) is 0 Å². The van der Waals surface area contributed by atoms with E-state index in [1.807, 2.05) is 145 Å². The molecule has 0 N–H and O–H groups in total. The molecule has 28 aromatic rings. The minimum atomic E-state index is -0.0608.